The van der Waals surface area contributed by atoms with Crippen molar-refractivity contribution in [3.05, 3.63) is 44.4 Å². The van der Waals surface area contributed by atoms with Crippen LogP contribution in [0.25, 0.3) is 11.4 Å². The highest BCUT2D eigenvalue weighted by Gasteiger charge is 2.14. The second-order valence-electron chi connectivity index (χ2n) is 4.83. The minimum absolute atomic E-state index is 0.0689. The normalized spacial score (nSPS) is 11.2. The highest BCUT2D eigenvalue weighted by molar-refractivity contribution is 9.10. The average Bonchev–Trinajstić information content (AvgIpc) is 2.37. The molecule has 6 heteroatoms. The topological polar surface area (TPSA) is 25.8 Å². The summed E-state index contributed by atoms with van der Waals surface area (Å²) < 4.78 is 14.2. The van der Waals surface area contributed by atoms with Gasteiger partial charge in [-0.2, -0.15) is 0 Å². The number of aromatic nitrogens is 2. The molecule has 2 rings (SSSR count). The molecule has 106 valence electrons. The summed E-state index contributed by atoms with van der Waals surface area (Å²) in [5.74, 6) is 0.314. The third-order valence-electron chi connectivity index (χ3n) is 2.66. The predicted octanol–water partition coefficient (Wildman–Crippen LogP) is 5.55. The van der Waals surface area contributed by atoms with E-state index in [1.165, 1.54) is 12.1 Å². The van der Waals surface area contributed by atoms with Crippen molar-refractivity contribution in [2.45, 2.75) is 20.3 Å². The van der Waals surface area contributed by atoms with Gasteiger partial charge in [0.15, 0.2) is 5.82 Å². The summed E-state index contributed by atoms with van der Waals surface area (Å²) in [5.41, 5.74) is 1.36. The zero-order chi connectivity index (χ0) is 14.9. The first-order chi connectivity index (χ1) is 9.38. The van der Waals surface area contributed by atoms with Crippen LogP contribution in [0.4, 0.5) is 4.39 Å². The van der Waals surface area contributed by atoms with Crippen molar-refractivity contribution in [3.63, 3.8) is 0 Å². The second kappa shape index (κ2) is 6.37. The van der Waals surface area contributed by atoms with Gasteiger partial charge in [-0.1, -0.05) is 37.0 Å². The van der Waals surface area contributed by atoms with Gasteiger partial charge in [0.2, 0.25) is 0 Å². The minimum Gasteiger partial charge on any atom is -0.232 e. The van der Waals surface area contributed by atoms with E-state index in [0.29, 0.717) is 26.9 Å². The molecule has 0 fully saturated rings. The summed E-state index contributed by atoms with van der Waals surface area (Å²) in [5, 5.41) is 0.389. The molecule has 0 saturated carbocycles. The van der Waals surface area contributed by atoms with E-state index in [2.05, 4.69) is 39.7 Å². The van der Waals surface area contributed by atoms with E-state index in [1.54, 1.807) is 6.07 Å². The van der Waals surface area contributed by atoms with Crippen molar-refractivity contribution >= 4 is 39.1 Å². The standard InChI is InChI=1S/C14H12BrCl2FN2/c1-7(2)5-11-12(15)13(17)20-14(19-11)8-3-4-9(16)10(18)6-8/h3-4,6-7H,5H2,1-2H3. The Kier molecular flexibility index (Phi) is 4.99. The Labute approximate surface area is 135 Å². The van der Waals surface area contributed by atoms with Gasteiger partial charge in [0.1, 0.15) is 11.0 Å². The first-order valence-electron chi connectivity index (χ1n) is 6.05. The van der Waals surface area contributed by atoms with Crippen LogP contribution < -0.4 is 0 Å². The molecule has 0 amide bonds. The molecule has 0 bridgehead atoms. The Bertz CT molecular complexity index is 647. The summed E-state index contributed by atoms with van der Waals surface area (Å²) in [6.45, 7) is 4.17. The van der Waals surface area contributed by atoms with Gasteiger partial charge in [-0.15, -0.1) is 0 Å². The maximum Gasteiger partial charge on any atom is 0.161 e. The summed E-state index contributed by atoms with van der Waals surface area (Å²) in [7, 11) is 0. The molecule has 0 spiro atoms. The van der Waals surface area contributed by atoms with Gasteiger partial charge in [-0.3, -0.25) is 0 Å². The number of hydrogen-bond acceptors (Lipinski definition) is 2. The summed E-state index contributed by atoms with van der Waals surface area (Å²) in [6, 6.07) is 4.46. The van der Waals surface area contributed by atoms with E-state index in [9.17, 15) is 4.39 Å². The fourth-order valence-corrected chi connectivity index (χ4v) is 2.40. The van der Waals surface area contributed by atoms with Gasteiger partial charge in [-0.25, -0.2) is 14.4 Å². The summed E-state index contributed by atoms with van der Waals surface area (Å²) in [4.78, 5) is 8.64. The van der Waals surface area contributed by atoms with Crippen LogP contribution in [0.5, 0.6) is 0 Å². The lowest BCUT2D eigenvalue weighted by Crippen LogP contribution is -2.03. The van der Waals surface area contributed by atoms with Crippen molar-refractivity contribution < 1.29 is 4.39 Å². The molecule has 0 saturated heterocycles. The van der Waals surface area contributed by atoms with E-state index in [-0.39, 0.29) is 5.02 Å². The van der Waals surface area contributed by atoms with Crippen LogP contribution in [0.15, 0.2) is 22.7 Å². The number of hydrogen-bond donors (Lipinski definition) is 0. The molecule has 2 aromatic rings. The van der Waals surface area contributed by atoms with Crippen molar-refractivity contribution in [1.82, 2.24) is 9.97 Å². The van der Waals surface area contributed by atoms with Crippen molar-refractivity contribution in [2.75, 3.05) is 0 Å². The zero-order valence-corrected chi connectivity index (χ0v) is 14.0. The SMILES string of the molecule is CC(C)Cc1nc(-c2ccc(Cl)c(F)c2)nc(Cl)c1Br. The van der Waals surface area contributed by atoms with Crippen LogP contribution in [0, 0.1) is 11.7 Å². The largest absolute Gasteiger partial charge is 0.232 e. The molecule has 2 nitrogen and oxygen atoms in total. The lowest BCUT2D eigenvalue weighted by atomic mass is 10.1. The lowest BCUT2D eigenvalue weighted by Gasteiger charge is -2.10. The number of benzene rings is 1. The average molecular weight is 378 g/mol. The molecular formula is C14H12BrCl2FN2. The van der Waals surface area contributed by atoms with Crippen LogP contribution in [0.3, 0.4) is 0 Å². The molecule has 1 aromatic heterocycles. The third-order valence-corrected chi connectivity index (χ3v) is 4.30. The third kappa shape index (κ3) is 3.48. The van der Waals surface area contributed by atoms with Crippen LogP contribution in [0.2, 0.25) is 10.2 Å². The van der Waals surface area contributed by atoms with Gasteiger partial charge in [0.05, 0.1) is 15.2 Å². The Hall–Kier alpha value is -0.710. The highest BCUT2D eigenvalue weighted by Crippen LogP contribution is 2.29. The van der Waals surface area contributed by atoms with Gasteiger partial charge >= 0.3 is 0 Å². The molecule has 0 N–H and O–H groups in total. The van der Waals surface area contributed by atoms with Gasteiger partial charge in [0.25, 0.3) is 0 Å². The molecular weight excluding hydrogens is 366 g/mol. The molecule has 20 heavy (non-hydrogen) atoms. The van der Waals surface area contributed by atoms with Crippen LogP contribution in [0.1, 0.15) is 19.5 Å². The van der Waals surface area contributed by atoms with E-state index in [1.807, 2.05) is 0 Å². The number of halogens is 4. The first-order valence-corrected chi connectivity index (χ1v) is 7.60. The molecule has 0 radical (unpaired) electrons. The molecule has 1 heterocycles. The van der Waals surface area contributed by atoms with Crippen LogP contribution in [-0.2, 0) is 6.42 Å². The molecule has 0 atom stereocenters. The predicted molar refractivity (Wildman–Crippen MR) is 83.7 cm³/mol. The molecule has 0 aliphatic rings. The molecule has 0 aliphatic heterocycles. The second-order valence-corrected chi connectivity index (χ2v) is 6.38. The maximum atomic E-state index is 13.5. The first kappa shape index (κ1) is 15.7. The lowest BCUT2D eigenvalue weighted by molar-refractivity contribution is 0.627. The van der Waals surface area contributed by atoms with E-state index in [0.717, 1.165) is 12.1 Å². The Morgan fingerprint density at radius 2 is 1.95 bits per heavy atom. The van der Waals surface area contributed by atoms with Crippen molar-refractivity contribution in [1.29, 1.82) is 0 Å². The molecule has 0 aliphatic carbocycles. The summed E-state index contributed by atoms with van der Waals surface area (Å²) in [6.07, 6.45) is 0.756. The monoisotopic (exact) mass is 376 g/mol. The highest BCUT2D eigenvalue weighted by atomic mass is 79.9. The fourth-order valence-electron chi connectivity index (χ4n) is 1.75. The van der Waals surface area contributed by atoms with Crippen LogP contribution in [-0.4, -0.2) is 9.97 Å². The van der Waals surface area contributed by atoms with Crippen molar-refractivity contribution in [2.24, 2.45) is 5.92 Å². The quantitative estimate of drug-likeness (QED) is 0.655. The van der Waals surface area contributed by atoms with Gasteiger partial charge < -0.3 is 0 Å². The van der Waals surface area contributed by atoms with E-state index < -0.39 is 5.82 Å². The van der Waals surface area contributed by atoms with E-state index in [4.69, 9.17) is 23.2 Å². The Morgan fingerprint density at radius 3 is 2.55 bits per heavy atom. The molecule has 1 aromatic carbocycles. The molecule has 0 unspecified atom stereocenters. The smallest absolute Gasteiger partial charge is 0.161 e. The number of nitrogens with zero attached hydrogens (tertiary/aromatic N) is 2. The number of rotatable bonds is 3. The fraction of sp³-hybridized carbons (Fsp3) is 0.286. The van der Waals surface area contributed by atoms with Gasteiger partial charge in [-0.05, 0) is 46.5 Å². The Balaban J connectivity index is 2.51. The van der Waals surface area contributed by atoms with Gasteiger partial charge in [0, 0.05) is 5.56 Å². The summed E-state index contributed by atoms with van der Waals surface area (Å²) >= 11 is 15.2. The maximum absolute atomic E-state index is 13.5. The van der Waals surface area contributed by atoms with Crippen LogP contribution >= 0.6 is 39.1 Å². The minimum atomic E-state index is -0.503. The van der Waals surface area contributed by atoms with E-state index >= 15 is 0 Å². The zero-order valence-electron chi connectivity index (χ0n) is 10.9. The Morgan fingerprint density at radius 1 is 1.25 bits per heavy atom. The van der Waals surface area contributed by atoms with Crippen molar-refractivity contribution in [3.8, 4) is 11.4 Å².